The fraction of sp³-hybridized carbons (Fsp3) is 0.857. The second-order valence-corrected chi connectivity index (χ2v) is 3.98. The molecule has 0 aromatic heterocycles. The first-order chi connectivity index (χ1) is 5.12. The van der Waals surface area contributed by atoms with Crippen molar-refractivity contribution in [1.82, 2.24) is 0 Å². The molecule has 1 N–H and O–H groups in total. The number of carboxylic acids is 1. The van der Waals surface area contributed by atoms with Gasteiger partial charge in [0.05, 0.1) is 6.42 Å². The Morgan fingerprint density at radius 3 is 2.91 bits per heavy atom. The molecule has 1 aliphatic heterocycles. The van der Waals surface area contributed by atoms with E-state index in [1.54, 1.807) is 0 Å². The van der Waals surface area contributed by atoms with Crippen LogP contribution in [0.3, 0.4) is 0 Å². The summed E-state index contributed by atoms with van der Waals surface area (Å²) in [5, 5.41) is 8.38. The van der Waals surface area contributed by atoms with Crippen molar-refractivity contribution in [2.75, 3.05) is 11.5 Å². The number of alkyl halides is 1. The second kappa shape index (κ2) is 3.43. The number of rotatable bonds is 2. The Hall–Kier alpha value is -0.250. The number of thioether (sulfide) groups is 1. The van der Waals surface area contributed by atoms with Crippen LogP contribution in [0, 0.1) is 0 Å². The number of aliphatic carboxylic acids is 1. The lowest BCUT2D eigenvalue weighted by Gasteiger charge is -2.27. The van der Waals surface area contributed by atoms with E-state index >= 15 is 0 Å². The standard InChI is InChI=1S/C7H11FO2S/c8-7(4-6(9)10)2-1-3-11-5-7/h1-5H2,(H,9,10). The van der Waals surface area contributed by atoms with E-state index in [-0.39, 0.29) is 6.42 Å². The zero-order valence-corrected chi connectivity index (χ0v) is 6.99. The predicted octanol–water partition coefficient (Wildman–Crippen LogP) is 1.70. The largest absolute Gasteiger partial charge is 0.481 e. The first kappa shape index (κ1) is 8.84. The summed E-state index contributed by atoms with van der Waals surface area (Å²) in [6.07, 6.45) is 0.876. The molecule has 1 rings (SSSR count). The Morgan fingerprint density at radius 2 is 2.45 bits per heavy atom. The van der Waals surface area contributed by atoms with Crippen molar-refractivity contribution in [2.45, 2.75) is 24.9 Å². The number of carbonyl (C=O) groups is 1. The van der Waals surface area contributed by atoms with Crippen LogP contribution < -0.4 is 0 Å². The monoisotopic (exact) mass is 178 g/mol. The number of hydrogen-bond donors (Lipinski definition) is 1. The van der Waals surface area contributed by atoms with E-state index < -0.39 is 11.6 Å². The van der Waals surface area contributed by atoms with Crippen LogP contribution in [0.5, 0.6) is 0 Å². The highest BCUT2D eigenvalue weighted by atomic mass is 32.2. The van der Waals surface area contributed by atoms with Crippen molar-refractivity contribution in [3.05, 3.63) is 0 Å². The van der Waals surface area contributed by atoms with E-state index in [9.17, 15) is 9.18 Å². The maximum atomic E-state index is 13.4. The zero-order valence-electron chi connectivity index (χ0n) is 6.18. The van der Waals surface area contributed by atoms with Gasteiger partial charge in [-0.05, 0) is 18.6 Å². The molecular weight excluding hydrogens is 167 g/mol. The Bertz CT molecular complexity index is 155. The summed E-state index contributed by atoms with van der Waals surface area (Å²) < 4.78 is 13.4. The molecule has 1 heterocycles. The van der Waals surface area contributed by atoms with Crippen LogP contribution in [-0.4, -0.2) is 28.3 Å². The first-order valence-electron chi connectivity index (χ1n) is 3.61. The van der Waals surface area contributed by atoms with E-state index in [1.165, 1.54) is 11.8 Å². The summed E-state index contributed by atoms with van der Waals surface area (Å²) in [7, 11) is 0. The Labute approximate surface area is 69.2 Å². The van der Waals surface area contributed by atoms with Gasteiger partial charge in [-0.15, -0.1) is 0 Å². The molecule has 1 unspecified atom stereocenters. The van der Waals surface area contributed by atoms with Crippen LogP contribution in [0.4, 0.5) is 4.39 Å². The molecule has 0 aliphatic carbocycles. The minimum atomic E-state index is -1.44. The molecule has 0 saturated carbocycles. The van der Waals surface area contributed by atoms with Crippen LogP contribution in [0.1, 0.15) is 19.3 Å². The average molecular weight is 178 g/mol. The molecule has 0 bridgehead atoms. The molecule has 0 radical (unpaired) electrons. The van der Waals surface area contributed by atoms with Gasteiger partial charge in [-0.2, -0.15) is 11.8 Å². The van der Waals surface area contributed by atoms with Gasteiger partial charge in [-0.25, -0.2) is 4.39 Å². The Balaban J connectivity index is 2.43. The first-order valence-corrected chi connectivity index (χ1v) is 4.76. The fourth-order valence-electron chi connectivity index (χ4n) is 1.23. The van der Waals surface area contributed by atoms with E-state index in [4.69, 9.17) is 5.11 Å². The molecule has 11 heavy (non-hydrogen) atoms. The number of hydrogen-bond acceptors (Lipinski definition) is 2. The van der Waals surface area contributed by atoms with Crippen molar-refractivity contribution >= 4 is 17.7 Å². The maximum absolute atomic E-state index is 13.4. The Morgan fingerprint density at radius 1 is 1.73 bits per heavy atom. The van der Waals surface area contributed by atoms with Gasteiger partial charge in [-0.1, -0.05) is 0 Å². The van der Waals surface area contributed by atoms with Crippen molar-refractivity contribution in [1.29, 1.82) is 0 Å². The van der Waals surface area contributed by atoms with Gasteiger partial charge >= 0.3 is 5.97 Å². The molecular formula is C7H11FO2S. The molecule has 4 heteroatoms. The lowest BCUT2D eigenvalue weighted by atomic mass is 9.98. The minimum absolute atomic E-state index is 0.333. The highest BCUT2D eigenvalue weighted by molar-refractivity contribution is 7.99. The van der Waals surface area contributed by atoms with E-state index in [1.807, 2.05) is 0 Å². The van der Waals surface area contributed by atoms with Gasteiger partial charge in [0, 0.05) is 5.75 Å². The Kier molecular flexibility index (Phi) is 2.76. The van der Waals surface area contributed by atoms with Gasteiger partial charge in [0.15, 0.2) is 0 Å². The highest BCUT2D eigenvalue weighted by Crippen LogP contribution is 2.32. The number of halogens is 1. The number of carboxylic acid groups (broad SMARTS) is 1. The summed E-state index contributed by atoms with van der Waals surface area (Å²) in [5.74, 6) is 0.278. The van der Waals surface area contributed by atoms with Crippen LogP contribution in [0.25, 0.3) is 0 Å². The molecule has 0 amide bonds. The van der Waals surface area contributed by atoms with Gasteiger partial charge in [-0.3, -0.25) is 4.79 Å². The average Bonchev–Trinajstić information content (AvgIpc) is 1.85. The second-order valence-electron chi connectivity index (χ2n) is 2.88. The van der Waals surface area contributed by atoms with E-state index in [0.29, 0.717) is 12.2 Å². The SMILES string of the molecule is O=C(O)CC1(F)CCCSC1. The molecule has 0 aromatic carbocycles. The van der Waals surface area contributed by atoms with Crippen molar-refractivity contribution < 1.29 is 14.3 Å². The molecule has 1 saturated heterocycles. The maximum Gasteiger partial charge on any atom is 0.306 e. The third-order valence-electron chi connectivity index (χ3n) is 1.74. The summed E-state index contributed by atoms with van der Waals surface area (Å²) >= 11 is 1.51. The van der Waals surface area contributed by atoms with Crippen LogP contribution in [-0.2, 0) is 4.79 Å². The molecule has 1 atom stereocenters. The quantitative estimate of drug-likeness (QED) is 0.699. The smallest absolute Gasteiger partial charge is 0.306 e. The van der Waals surface area contributed by atoms with Gasteiger partial charge in [0.25, 0.3) is 0 Å². The zero-order chi connectivity index (χ0) is 8.32. The molecule has 1 aliphatic rings. The van der Waals surface area contributed by atoms with Crippen LogP contribution in [0.15, 0.2) is 0 Å². The summed E-state index contributed by atoms with van der Waals surface area (Å²) in [6, 6.07) is 0. The lowest BCUT2D eigenvalue weighted by molar-refractivity contribution is -0.139. The molecule has 0 aromatic rings. The molecule has 64 valence electrons. The van der Waals surface area contributed by atoms with Crippen molar-refractivity contribution in [3.8, 4) is 0 Å². The van der Waals surface area contributed by atoms with Crippen molar-refractivity contribution in [3.63, 3.8) is 0 Å². The van der Waals surface area contributed by atoms with Crippen LogP contribution in [0.2, 0.25) is 0 Å². The van der Waals surface area contributed by atoms with Gasteiger partial charge in [0.1, 0.15) is 5.67 Å². The normalized spacial score (nSPS) is 31.7. The highest BCUT2D eigenvalue weighted by Gasteiger charge is 2.34. The van der Waals surface area contributed by atoms with Gasteiger partial charge in [0.2, 0.25) is 0 Å². The molecule has 0 spiro atoms. The van der Waals surface area contributed by atoms with E-state index in [0.717, 1.165) is 12.2 Å². The minimum Gasteiger partial charge on any atom is -0.481 e. The van der Waals surface area contributed by atoms with E-state index in [2.05, 4.69) is 0 Å². The summed E-state index contributed by atoms with van der Waals surface area (Å²) in [5.41, 5.74) is -1.44. The predicted molar refractivity (Wildman–Crippen MR) is 42.7 cm³/mol. The third-order valence-corrected chi connectivity index (χ3v) is 3.04. The fourth-order valence-corrected chi connectivity index (χ4v) is 2.33. The molecule has 1 fully saturated rings. The lowest BCUT2D eigenvalue weighted by Crippen LogP contribution is -2.32. The van der Waals surface area contributed by atoms with Gasteiger partial charge < -0.3 is 5.11 Å². The van der Waals surface area contributed by atoms with Crippen LogP contribution >= 0.6 is 11.8 Å². The summed E-state index contributed by atoms with van der Waals surface area (Å²) in [4.78, 5) is 10.2. The topological polar surface area (TPSA) is 37.3 Å². The molecule has 2 nitrogen and oxygen atoms in total. The third kappa shape index (κ3) is 2.69. The van der Waals surface area contributed by atoms with Crippen molar-refractivity contribution in [2.24, 2.45) is 0 Å². The summed E-state index contributed by atoms with van der Waals surface area (Å²) in [6.45, 7) is 0.